The van der Waals surface area contributed by atoms with Crippen LogP contribution in [0, 0.1) is 24.7 Å². The van der Waals surface area contributed by atoms with Gasteiger partial charge in [-0.15, -0.1) is 11.3 Å². The number of rotatable bonds is 6. The number of nitrogens with one attached hydrogen (secondary N) is 1. The number of piperidine rings is 1. The lowest BCUT2D eigenvalue weighted by molar-refractivity contribution is -0.192. The molecule has 2 N–H and O–H groups in total. The Hall–Kier alpha value is -2.33. The first-order valence-corrected chi connectivity index (χ1v) is 10.3. The number of likely N-dealkylation sites (tertiary alicyclic amines) is 1. The number of fused-ring (bicyclic) bond motifs is 1. The molecule has 10 heteroatoms. The van der Waals surface area contributed by atoms with E-state index < -0.39 is 12.1 Å². The molecule has 1 amide bonds. The second-order valence-electron chi connectivity index (χ2n) is 7.56. The van der Waals surface area contributed by atoms with Crippen molar-refractivity contribution in [2.75, 3.05) is 13.1 Å². The van der Waals surface area contributed by atoms with E-state index in [1.165, 1.54) is 9.75 Å². The number of carbonyl (C=O) groups is 2. The summed E-state index contributed by atoms with van der Waals surface area (Å²) >= 11 is 1.89. The maximum absolute atomic E-state index is 12.0. The summed E-state index contributed by atoms with van der Waals surface area (Å²) in [6, 6.07) is 8.17. The maximum atomic E-state index is 12.0. The molecular formula is C20H23F3N2O4S. The van der Waals surface area contributed by atoms with Gasteiger partial charge in [-0.05, 0) is 48.9 Å². The normalized spacial score (nSPS) is 22.7. The third-order valence-corrected chi connectivity index (χ3v) is 6.31. The van der Waals surface area contributed by atoms with Gasteiger partial charge in [0, 0.05) is 35.8 Å². The molecule has 30 heavy (non-hydrogen) atoms. The second kappa shape index (κ2) is 9.22. The fourth-order valence-electron chi connectivity index (χ4n) is 3.84. The minimum absolute atomic E-state index is 0.154. The smallest absolute Gasteiger partial charge is 0.475 e. The van der Waals surface area contributed by atoms with E-state index in [-0.39, 0.29) is 5.91 Å². The molecule has 3 heterocycles. The molecular weight excluding hydrogens is 421 g/mol. The second-order valence-corrected chi connectivity index (χ2v) is 8.93. The van der Waals surface area contributed by atoms with Crippen LogP contribution < -0.4 is 5.32 Å². The zero-order valence-corrected chi connectivity index (χ0v) is 17.1. The maximum Gasteiger partial charge on any atom is 0.490 e. The molecule has 6 nitrogen and oxygen atoms in total. The molecule has 0 radical (unpaired) electrons. The van der Waals surface area contributed by atoms with Gasteiger partial charge in [0.25, 0.3) is 0 Å². The van der Waals surface area contributed by atoms with Gasteiger partial charge < -0.3 is 14.8 Å². The molecule has 1 unspecified atom stereocenters. The van der Waals surface area contributed by atoms with Crippen molar-refractivity contribution in [3.8, 4) is 0 Å². The van der Waals surface area contributed by atoms with Crippen LogP contribution in [0.4, 0.5) is 13.2 Å². The Balaban J connectivity index is 0.000000318. The summed E-state index contributed by atoms with van der Waals surface area (Å²) in [5.41, 5.74) is 0. The SMILES string of the molecule is Cc1ccc(CN2C[C@@H]3C(CC(=O)NCc4ccco4)[C@@H]3C2)s1.O=C(O)C(F)(F)F. The van der Waals surface area contributed by atoms with Crippen molar-refractivity contribution in [2.24, 2.45) is 17.8 Å². The Morgan fingerprint density at radius 1 is 1.27 bits per heavy atom. The van der Waals surface area contributed by atoms with Crippen molar-refractivity contribution in [1.82, 2.24) is 10.2 Å². The van der Waals surface area contributed by atoms with E-state index >= 15 is 0 Å². The topological polar surface area (TPSA) is 82.8 Å². The van der Waals surface area contributed by atoms with Crippen molar-refractivity contribution >= 4 is 23.2 Å². The lowest BCUT2D eigenvalue weighted by Gasteiger charge is -2.18. The fraction of sp³-hybridized carbons (Fsp3) is 0.500. The number of hydrogen-bond acceptors (Lipinski definition) is 5. The highest BCUT2D eigenvalue weighted by atomic mass is 32.1. The highest BCUT2D eigenvalue weighted by molar-refractivity contribution is 7.11. The Morgan fingerprint density at radius 2 is 1.93 bits per heavy atom. The van der Waals surface area contributed by atoms with Gasteiger partial charge in [-0.2, -0.15) is 13.2 Å². The first-order valence-electron chi connectivity index (χ1n) is 9.50. The van der Waals surface area contributed by atoms with Crippen LogP contribution in [0.25, 0.3) is 0 Å². The van der Waals surface area contributed by atoms with Gasteiger partial charge in [-0.3, -0.25) is 9.69 Å². The van der Waals surface area contributed by atoms with Gasteiger partial charge in [0.2, 0.25) is 5.91 Å². The van der Waals surface area contributed by atoms with Crippen LogP contribution in [-0.4, -0.2) is 41.1 Å². The third kappa shape index (κ3) is 6.09. The molecule has 4 rings (SSSR count). The van der Waals surface area contributed by atoms with E-state index in [0.29, 0.717) is 18.9 Å². The molecule has 1 aliphatic heterocycles. The Labute approximate surface area is 175 Å². The number of nitrogens with zero attached hydrogens (tertiary/aromatic N) is 1. The van der Waals surface area contributed by atoms with Gasteiger partial charge in [0.05, 0.1) is 12.8 Å². The predicted molar refractivity (Wildman–Crippen MR) is 104 cm³/mol. The molecule has 3 atom stereocenters. The van der Waals surface area contributed by atoms with Crippen molar-refractivity contribution in [3.05, 3.63) is 46.0 Å². The number of aryl methyl sites for hydroxylation is 1. The Morgan fingerprint density at radius 3 is 2.43 bits per heavy atom. The number of aliphatic carboxylic acids is 1. The monoisotopic (exact) mass is 444 g/mol. The molecule has 1 aliphatic carbocycles. The first kappa shape index (κ1) is 22.4. The van der Waals surface area contributed by atoms with Gasteiger partial charge in [-0.1, -0.05) is 0 Å². The fourth-order valence-corrected chi connectivity index (χ4v) is 4.78. The van der Waals surface area contributed by atoms with E-state index in [1.807, 2.05) is 23.5 Å². The number of carboxylic acids is 1. The Bertz CT molecular complexity index is 854. The lowest BCUT2D eigenvalue weighted by Crippen LogP contribution is -2.27. The summed E-state index contributed by atoms with van der Waals surface area (Å²) < 4.78 is 37.0. The predicted octanol–water partition coefficient (Wildman–Crippen LogP) is 3.67. The highest BCUT2D eigenvalue weighted by Crippen LogP contribution is 2.53. The van der Waals surface area contributed by atoms with Crippen LogP contribution in [0.15, 0.2) is 34.9 Å². The van der Waals surface area contributed by atoms with Gasteiger partial charge in [0.1, 0.15) is 5.76 Å². The number of carboxylic acid groups (broad SMARTS) is 1. The molecule has 2 aromatic rings. The molecule has 1 saturated heterocycles. The van der Waals surface area contributed by atoms with E-state index in [4.69, 9.17) is 14.3 Å². The van der Waals surface area contributed by atoms with Crippen molar-refractivity contribution in [1.29, 1.82) is 0 Å². The summed E-state index contributed by atoms with van der Waals surface area (Å²) in [5, 5.41) is 10.1. The number of carbonyl (C=O) groups excluding carboxylic acids is 1. The number of hydrogen-bond donors (Lipinski definition) is 2. The molecule has 2 aliphatic rings. The van der Waals surface area contributed by atoms with Crippen LogP contribution >= 0.6 is 11.3 Å². The zero-order valence-electron chi connectivity index (χ0n) is 16.3. The van der Waals surface area contributed by atoms with Crippen LogP contribution in [0.5, 0.6) is 0 Å². The highest BCUT2D eigenvalue weighted by Gasteiger charge is 2.55. The summed E-state index contributed by atoms with van der Waals surface area (Å²) in [6.07, 6.45) is -2.78. The quantitative estimate of drug-likeness (QED) is 0.711. The minimum atomic E-state index is -5.08. The summed E-state index contributed by atoms with van der Waals surface area (Å²) in [5.74, 6) is 0.254. The average Bonchev–Trinajstić information content (AvgIpc) is 3.17. The number of thiophene rings is 1. The molecule has 0 spiro atoms. The van der Waals surface area contributed by atoms with Crippen LogP contribution in [0.2, 0.25) is 0 Å². The standard InChI is InChI=1S/C18H22N2O2S.C2HF3O2/c1-12-4-5-14(23-12)9-20-10-16-15(17(16)11-20)7-18(21)19-8-13-3-2-6-22-13;3-2(4,5)1(6)7/h2-6,15-17H,7-11H2,1H3,(H,19,21);(H,6,7)/t15?,16-,17+;. The van der Waals surface area contributed by atoms with E-state index in [0.717, 1.165) is 37.2 Å². The molecule has 0 aromatic carbocycles. The summed E-state index contributed by atoms with van der Waals surface area (Å²) in [4.78, 5) is 26.3. The van der Waals surface area contributed by atoms with Crippen molar-refractivity contribution < 1.29 is 32.3 Å². The van der Waals surface area contributed by atoms with E-state index in [2.05, 4.69) is 29.3 Å². The van der Waals surface area contributed by atoms with Crippen molar-refractivity contribution in [2.45, 2.75) is 32.6 Å². The van der Waals surface area contributed by atoms with Crippen LogP contribution in [0.3, 0.4) is 0 Å². The van der Waals surface area contributed by atoms with Crippen LogP contribution in [0.1, 0.15) is 21.9 Å². The summed E-state index contributed by atoms with van der Waals surface area (Å²) in [6.45, 7) is 6.03. The molecule has 0 bridgehead atoms. The third-order valence-electron chi connectivity index (χ3n) is 5.33. The zero-order chi connectivity index (χ0) is 21.9. The number of furan rings is 1. The average molecular weight is 444 g/mol. The van der Waals surface area contributed by atoms with E-state index in [9.17, 15) is 18.0 Å². The van der Waals surface area contributed by atoms with Gasteiger partial charge >= 0.3 is 12.1 Å². The van der Waals surface area contributed by atoms with Crippen molar-refractivity contribution in [3.63, 3.8) is 0 Å². The molecule has 1 saturated carbocycles. The van der Waals surface area contributed by atoms with Gasteiger partial charge in [0.15, 0.2) is 0 Å². The van der Waals surface area contributed by atoms with E-state index in [1.54, 1.807) is 6.26 Å². The molecule has 2 aromatic heterocycles. The number of alkyl halides is 3. The molecule has 164 valence electrons. The number of halogens is 3. The largest absolute Gasteiger partial charge is 0.490 e. The number of amides is 1. The van der Waals surface area contributed by atoms with Crippen LogP contribution in [-0.2, 0) is 22.7 Å². The summed E-state index contributed by atoms with van der Waals surface area (Å²) in [7, 11) is 0. The minimum Gasteiger partial charge on any atom is -0.475 e. The first-order chi connectivity index (χ1) is 14.1. The molecule has 2 fully saturated rings. The lowest BCUT2D eigenvalue weighted by atomic mass is 10.2. The van der Waals surface area contributed by atoms with Gasteiger partial charge in [-0.25, -0.2) is 4.79 Å². The Kier molecular flexibility index (Phi) is 6.87.